The van der Waals surface area contributed by atoms with Gasteiger partial charge in [-0.1, -0.05) is 37.0 Å². The highest BCUT2D eigenvalue weighted by molar-refractivity contribution is 6.43. The molecule has 0 heterocycles. The van der Waals surface area contributed by atoms with E-state index in [0.717, 1.165) is 12.8 Å². The Hall–Kier alpha value is -0.970. The molecule has 0 unspecified atom stereocenters. The number of nitrogen functional groups attached to an aromatic ring is 1. The van der Waals surface area contributed by atoms with Crippen LogP contribution in [0.25, 0.3) is 0 Å². The second kappa shape index (κ2) is 8.47. The molecule has 0 bridgehead atoms. The second-order valence-electron chi connectivity index (χ2n) is 4.82. The molecule has 21 heavy (non-hydrogen) atoms. The number of nitrogens with zero attached hydrogens (tertiary/aromatic N) is 1. The molecule has 0 spiro atoms. The summed E-state index contributed by atoms with van der Waals surface area (Å²) in [5.41, 5.74) is 6.55. The zero-order valence-corrected chi connectivity index (χ0v) is 14.2. The Bertz CT molecular complexity index is 468. The molecule has 0 aliphatic rings. The number of anilines is 1. The number of benzene rings is 1. The lowest BCUT2D eigenvalue weighted by Crippen LogP contribution is -2.41. The van der Waals surface area contributed by atoms with Crippen molar-refractivity contribution in [3.05, 3.63) is 27.7 Å². The predicted octanol–water partition coefficient (Wildman–Crippen LogP) is 3.85. The second-order valence-corrected chi connectivity index (χ2v) is 5.61. The normalized spacial score (nSPS) is 11.0. The SMILES string of the molecule is CCC(CC)N(CCOC)C(=O)c1cc(N)c(Cl)c(Cl)c1. The smallest absolute Gasteiger partial charge is 0.254 e. The van der Waals surface area contributed by atoms with E-state index in [-0.39, 0.29) is 22.0 Å². The summed E-state index contributed by atoms with van der Waals surface area (Å²) in [5, 5.41) is 0.565. The van der Waals surface area contributed by atoms with Crippen molar-refractivity contribution in [2.45, 2.75) is 32.7 Å². The van der Waals surface area contributed by atoms with E-state index in [0.29, 0.717) is 24.4 Å². The third kappa shape index (κ3) is 4.50. The van der Waals surface area contributed by atoms with Gasteiger partial charge in [0, 0.05) is 25.3 Å². The standard InChI is InChI=1S/C15H22Cl2N2O2/c1-4-11(5-2)19(6-7-21-3)15(20)10-8-12(16)14(17)13(18)9-10/h8-9,11H,4-7,18H2,1-3H3. The molecule has 0 fully saturated rings. The lowest BCUT2D eigenvalue weighted by Gasteiger charge is -2.30. The van der Waals surface area contributed by atoms with Crippen LogP contribution < -0.4 is 5.73 Å². The van der Waals surface area contributed by atoms with E-state index in [1.54, 1.807) is 19.2 Å². The van der Waals surface area contributed by atoms with Crippen LogP contribution in [0.1, 0.15) is 37.0 Å². The van der Waals surface area contributed by atoms with Crippen molar-refractivity contribution in [1.29, 1.82) is 0 Å². The number of halogens is 2. The first kappa shape index (κ1) is 18.1. The number of carbonyl (C=O) groups is 1. The maximum atomic E-state index is 12.7. The predicted molar refractivity (Wildman–Crippen MR) is 88.2 cm³/mol. The lowest BCUT2D eigenvalue weighted by molar-refractivity contribution is 0.0589. The number of nitrogens with two attached hydrogens (primary N) is 1. The van der Waals surface area contributed by atoms with Gasteiger partial charge in [0.05, 0.1) is 22.3 Å². The van der Waals surface area contributed by atoms with Crippen LogP contribution in [0.15, 0.2) is 12.1 Å². The molecular weight excluding hydrogens is 311 g/mol. The molecule has 6 heteroatoms. The molecule has 0 saturated carbocycles. The highest BCUT2D eigenvalue weighted by atomic mass is 35.5. The first-order chi connectivity index (χ1) is 9.96. The van der Waals surface area contributed by atoms with Gasteiger partial charge >= 0.3 is 0 Å². The molecule has 0 aliphatic carbocycles. The molecule has 0 saturated heterocycles. The van der Waals surface area contributed by atoms with Crippen molar-refractivity contribution >= 4 is 34.8 Å². The first-order valence-electron chi connectivity index (χ1n) is 7.00. The quantitative estimate of drug-likeness (QED) is 0.771. The molecule has 118 valence electrons. The van der Waals surface area contributed by atoms with Crippen LogP contribution in [0.4, 0.5) is 5.69 Å². The minimum absolute atomic E-state index is 0.106. The van der Waals surface area contributed by atoms with Gasteiger partial charge in [0.25, 0.3) is 5.91 Å². The van der Waals surface area contributed by atoms with Crippen LogP contribution in [0.3, 0.4) is 0 Å². The number of methoxy groups -OCH3 is 1. The average molecular weight is 333 g/mol. The number of hydrogen-bond donors (Lipinski definition) is 1. The van der Waals surface area contributed by atoms with Crippen LogP contribution in [0, 0.1) is 0 Å². The average Bonchev–Trinajstić information content (AvgIpc) is 2.47. The lowest BCUT2D eigenvalue weighted by atomic mass is 10.1. The highest BCUT2D eigenvalue weighted by Gasteiger charge is 2.23. The molecule has 0 atom stereocenters. The van der Waals surface area contributed by atoms with Crippen molar-refractivity contribution in [1.82, 2.24) is 4.90 Å². The van der Waals surface area contributed by atoms with Crippen LogP contribution in [-0.2, 0) is 4.74 Å². The molecule has 1 rings (SSSR count). The van der Waals surface area contributed by atoms with Gasteiger partial charge in [-0.15, -0.1) is 0 Å². The van der Waals surface area contributed by atoms with Crippen molar-refractivity contribution in [3.63, 3.8) is 0 Å². The summed E-state index contributed by atoms with van der Waals surface area (Å²) in [6.07, 6.45) is 1.76. The number of carbonyl (C=O) groups excluding carboxylic acids is 1. The van der Waals surface area contributed by atoms with Gasteiger partial charge in [-0.3, -0.25) is 4.79 Å². The van der Waals surface area contributed by atoms with Crippen LogP contribution in [0.5, 0.6) is 0 Å². The maximum absolute atomic E-state index is 12.7. The largest absolute Gasteiger partial charge is 0.397 e. The summed E-state index contributed by atoms with van der Waals surface area (Å²) >= 11 is 11.9. The topological polar surface area (TPSA) is 55.6 Å². The fraction of sp³-hybridized carbons (Fsp3) is 0.533. The van der Waals surface area contributed by atoms with E-state index in [9.17, 15) is 4.79 Å². The monoisotopic (exact) mass is 332 g/mol. The van der Waals surface area contributed by atoms with Crippen molar-refractivity contribution in [2.24, 2.45) is 0 Å². The maximum Gasteiger partial charge on any atom is 0.254 e. The summed E-state index contributed by atoms with van der Waals surface area (Å²) in [6.45, 7) is 5.13. The summed E-state index contributed by atoms with van der Waals surface area (Å²) in [7, 11) is 1.62. The van der Waals surface area contributed by atoms with Gasteiger partial charge in [-0.05, 0) is 25.0 Å². The third-order valence-corrected chi connectivity index (χ3v) is 4.30. The zero-order valence-electron chi connectivity index (χ0n) is 12.7. The highest BCUT2D eigenvalue weighted by Crippen LogP contribution is 2.30. The van der Waals surface area contributed by atoms with Crippen LogP contribution in [0.2, 0.25) is 10.0 Å². The van der Waals surface area contributed by atoms with E-state index >= 15 is 0 Å². The third-order valence-electron chi connectivity index (χ3n) is 3.48. The Kier molecular flexibility index (Phi) is 7.29. The van der Waals surface area contributed by atoms with Gasteiger partial charge in [0.15, 0.2) is 0 Å². The van der Waals surface area contributed by atoms with E-state index < -0.39 is 0 Å². The Labute approximate surface area is 136 Å². The zero-order chi connectivity index (χ0) is 16.0. The molecular formula is C15H22Cl2N2O2. The molecule has 1 aromatic rings. The minimum Gasteiger partial charge on any atom is -0.397 e. The Balaban J connectivity index is 3.09. The Morgan fingerprint density at radius 1 is 1.33 bits per heavy atom. The number of hydrogen-bond acceptors (Lipinski definition) is 3. The van der Waals surface area contributed by atoms with E-state index in [1.807, 2.05) is 4.90 Å². The first-order valence-corrected chi connectivity index (χ1v) is 7.76. The summed E-state index contributed by atoms with van der Waals surface area (Å²) in [4.78, 5) is 14.5. The fourth-order valence-electron chi connectivity index (χ4n) is 2.27. The Morgan fingerprint density at radius 2 is 1.95 bits per heavy atom. The number of amides is 1. The van der Waals surface area contributed by atoms with Gasteiger partial charge in [0.1, 0.15) is 0 Å². The van der Waals surface area contributed by atoms with E-state index in [1.165, 1.54) is 0 Å². The van der Waals surface area contributed by atoms with Crippen molar-refractivity contribution in [3.8, 4) is 0 Å². The molecule has 4 nitrogen and oxygen atoms in total. The van der Waals surface area contributed by atoms with E-state index in [4.69, 9.17) is 33.7 Å². The van der Waals surface area contributed by atoms with Gasteiger partial charge < -0.3 is 15.4 Å². The van der Waals surface area contributed by atoms with Gasteiger partial charge in [-0.2, -0.15) is 0 Å². The van der Waals surface area contributed by atoms with E-state index in [2.05, 4.69) is 13.8 Å². The summed E-state index contributed by atoms with van der Waals surface area (Å²) in [6, 6.07) is 3.28. The van der Waals surface area contributed by atoms with Gasteiger partial charge in [0.2, 0.25) is 0 Å². The molecule has 1 aromatic carbocycles. The molecule has 0 radical (unpaired) electrons. The van der Waals surface area contributed by atoms with Gasteiger partial charge in [-0.25, -0.2) is 0 Å². The van der Waals surface area contributed by atoms with Crippen LogP contribution in [-0.4, -0.2) is 37.1 Å². The molecule has 2 N–H and O–H groups in total. The molecule has 0 aromatic heterocycles. The van der Waals surface area contributed by atoms with Crippen LogP contribution >= 0.6 is 23.2 Å². The minimum atomic E-state index is -0.106. The van der Waals surface area contributed by atoms with Crippen molar-refractivity contribution < 1.29 is 9.53 Å². The number of rotatable bonds is 7. The fourth-order valence-corrected chi connectivity index (χ4v) is 2.60. The summed E-state index contributed by atoms with van der Waals surface area (Å²) < 4.78 is 5.10. The summed E-state index contributed by atoms with van der Waals surface area (Å²) in [5.74, 6) is -0.106. The Morgan fingerprint density at radius 3 is 2.43 bits per heavy atom. The molecule has 0 aliphatic heterocycles. The number of ether oxygens (including phenoxy) is 1. The molecule has 1 amide bonds. The van der Waals surface area contributed by atoms with Crippen molar-refractivity contribution in [2.75, 3.05) is 26.0 Å².